The highest BCUT2D eigenvalue weighted by molar-refractivity contribution is 5.99. The Labute approximate surface area is 260 Å². The number of rotatable bonds is 5. The monoisotopic (exact) mass is 637 g/mol. The zero-order chi connectivity index (χ0) is 33.2. The van der Waals surface area contributed by atoms with Crippen LogP contribution >= 0.6 is 0 Å². The topological polar surface area (TPSA) is 139 Å². The lowest BCUT2D eigenvalue weighted by molar-refractivity contribution is -0.138. The first-order valence-electron chi connectivity index (χ1n) is 15.2. The number of aliphatic hydroxyl groups is 1. The van der Waals surface area contributed by atoms with Gasteiger partial charge >= 0.3 is 18.4 Å². The first-order chi connectivity index (χ1) is 20.9. The summed E-state index contributed by atoms with van der Waals surface area (Å²) in [6, 6.07) is 2.91. The molecule has 1 aliphatic heterocycles. The molecule has 1 aromatic heterocycles. The van der Waals surface area contributed by atoms with Gasteiger partial charge in [0.1, 0.15) is 17.2 Å². The molecule has 2 N–H and O–H groups in total. The van der Waals surface area contributed by atoms with Crippen molar-refractivity contribution in [1.29, 1.82) is 0 Å². The van der Waals surface area contributed by atoms with Gasteiger partial charge in [0.05, 0.1) is 11.7 Å². The number of aliphatic imine (C=N–C) groups is 1. The number of aryl methyl sites for hydroxylation is 1. The van der Waals surface area contributed by atoms with Crippen LogP contribution in [0.3, 0.4) is 0 Å². The quantitative estimate of drug-likeness (QED) is 0.268. The Hall–Kier alpha value is -3.68. The minimum Gasteiger partial charge on any atom is -0.444 e. The van der Waals surface area contributed by atoms with Crippen molar-refractivity contribution in [2.45, 2.75) is 116 Å². The van der Waals surface area contributed by atoms with Crippen LogP contribution in [0.25, 0.3) is 11.4 Å². The highest BCUT2D eigenvalue weighted by Gasteiger charge is 2.42. The highest BCUT2D eigenvalue weighted by Crippen LogP contribution is 2.38. The standard InChI is InChI=1S/C31H42F3N5O6/c1-29(2,3)43-27(41)36-26(37-28(42)44-30(4,5)6)39-16-15-22(40)23(39)25-35-24(38-45-25)20-14-13-19(21(17-20)31(32,33)34)12-11-18-9-7-8-10-18/h13-14,17-18,22-23,40H,7-12,15-16H2,1-6H3,(H,36,37,41,42)/t22-,23-/m0/s1. The molecule has 2 aliphatic rings. The summed E-state index contributed by atoms with van der Waals surface area (Å²) in [6.45, 7) is 10.0. The van der Waals surface area contributed by atoms with Crippen LogP contribution in [-0.2, 0) is 22.1 Å². The molecule has 11 nitrogen and oxygen atoms in total. The van der Waals surface area contributed by atoms with E-state index >= 15 is 0 Å². The molecule has 45 heavy (non-hydrogen) atoms. The first-order valence-corrected chi connectivity index (χ1v) is 15.2. The molecule has 1 saturated carbocycles. The summed E-state index contributed by atoms with van der Waals surface area (Å²) >= 11 is 0. The van der Waals surface area contributed by atoms with Crippen molar-refractivity contribution in [1.82, 2.24) is 20.4 Å². The van der Waals surface area contributed by atoms with Crippen LogP contribution in [-0.4, -0.2) is 62.1 Å². The maximum Gasteiger partial charge on any atom is 0.437 e. The van der Waals surface area contributed by atoms with Crippen molar-refractivity contribution < 1.29 is 41.9 Å². The Bertz CT molecular complexity index is 1390. The molecule has 0 unspecified atom stereocenters. The number of carbonyl (C=O) groups is 2. The van der Waals surface area contributed by atoms with Gasteiger partial charge in [-0.15, -0.1) is 4.99 Å². The lowest BCUT2D eigenvalue weighted by atomic mass is 9.94. The van der Waals surface area contributed by atoms with E-state index in [0.29, 0.717) is 18.8 Å². The van der Waals surface area contributed by atoms with E-state index < -0.39 is 47.3 Å². The van der Waals surface area contributed by atoms with Crippen molar-refractivity contribution in [3.63, 3.8) is 0 Å². The van der Waals surface area contributed by atoms with Crippen molar-refractivity contribution in [3.8, 4) is 11.4 Å². The number of carbonyl (C=O) groups excluding carboxylic acids is 2. The molecular weight excluding hydrogens is 595 g/mol. The Morgan fingerprint density at radius 1 is 1.07 bits per heavy atom. The SMILES string of the molecule is CC(C)(C)OC(=O)/N=C(\NC(=O)OC(C)(C)C)N1CC[C@H](O)[C@H]1c1nc(-c2ccc(CCC3CCCC3)c(C(F)(F)F)c2)no1. The fourth-order valence-electron chi connectivity index (χ4n) is 5.57. The minimum absolute atomic E-state index is 0.0931. The van der Waals surface area contributed by atoms with E-state index in [9.17, 15) is 27.9 Å². The third-order valence-corrected chi connectivity index (χ3v) is 7.51. The highest BCUT2D eigenvalue weighted by atomic mass is 19.4. The molecular formula is C31H42F3N5O6. The van der Waals surface area contributed by atoms with Gasteiger partial charge in [-0.05, 0) is 78.4 Å². The predicted octanol–water partition coefficient (Wildman–Crippen LogP) is 6.80. The molecule has 1 saturated heterocycles. The van der Waals surface area contributed by atoms with Crippen molar-refractivity contribution in [2.75, 3.05) is 6.54 Å². The third kappa shape index (κ3) is 9.41. The van der Waals surface area contributed by atoms with Gasteiger partial charge in [0, 0.05) is 12.1 Å². The van der Waals surface area contributed by atoms with Gasteiger partial charge in [0.25, 0.3) is 5.89 Å². The van der Waals surface area contributed by atoms with Gasteiger partial charge in [-0.25, -0.2) is 9.59 Å². The number of benzene rings is 1. The van der Waals surface area contributed by atoms with E-state index in [1.165, 1.54) is 17.0 Å². The number of nitrogens with zero attached hydrogens (tertiary/aromatic N) is 4. The van der Waals surface area contributed by atoms with Crippen LogP contribution in [0.5, 0.6) is 0 Å². The number of amides is 2. The average Bonchev–Trinajstić information content (AvgIpc) is 3.65. The summed E-state index contributed by atoms with van der Waals surface area (Å²) in [4.78, 5) is 34.9. The second-order valence-electron chi connectivity index (χ2n) is 13.6. The number of hydrogen-bond donors (Lipinski definition) is 2. The molecule has 248 valence electrons. The van der Waals surface area contributed by atoms with E-state index in [0.717, 1.165) is 31.7 Å². The van der Waals surface area contributed by atoms with E-state index in [4.69, 9.17) is 14.0 Å². The van der Waals surface area contributed by atoms with Crippen LogP contribution in [0.2, 0.25) is 0 Å². The van der Waals surface area contributed by atoms with Crippen molar-refractivity contribution >= 4 is 18.1 Å². The second-order valence-corrected chi connectivity index (χ2v) is 13.6. The largest absolute Gasteiger partial charge is 0.444 e. The number of halogens is 3. The first kappa shape index (κ1) is 34.2. The number of aromatic nitrogens is 2. The Balaban J connectivity index is 1.62. The van der Waals surface area contributed by atoms with E-state index in [-0.39, 0.29) is 41.8 Å². The van der Waals surface area contributed by atoms with Crippen LogP contribution in [0.1, 0.15) is 103 Å². The van der Waals surface area contributed by atoms with Gasteiger partial charge in [0.15, 0.2) is 0 Å². The number of aliphatic hydroxyl groups excluding tert-OH is 1. The molecule has 2 amide bonds. The van der Waals surface area contributed by atoms with Gasteiger partial charge in [-0.1, -0.05) is 43.0 Å². The summed E-state index contributed by atoms with van der Waals surface area (Å²) in [7, 11) is 0. The second kappa shape index (κ2) is 13.4. The molecule has 14 heteroatoms. The van der Waals surface area contributed by atoms with Crippen molar-refractivity contribution in [3.05, 3.63) is 35.2 Å². The number of likely N-dealkylation sites (tertiary alicyclic amines) is 1. The Kier molecular flexibility index (Phi) is 10.1. The van der Waals surface area contributed by atoms with Crippen LogP contribution in [0.15, 0.2) is 27.7 Å². The fraction of sp³-hybridized carbons (Fsp3) is 0.645. The zero-order valence-electron chi connectivity index (χ0n) is 26.5. The van der Waals surface area contributed by atoms with Gasteiger partial charge in [0.2, 0.25) is 11.8 Å². The maximum atomic E-state index is 14.1. The molecule has 1 aliphatic carbocycles. The van der Waals surface area contributed by atoms with Crippen LogP contribution < -0.4 is 5.32 Å². The van der Waals surface area contributed by atoms with E-state index in [2.05, 4.69) is 20.4 Å². The number of hydrogen-bond acceptors (Lipinski definition) is 8. The lowest BCUT2D eigenvalue weighted by Gasteiger charge is -2.28. The maximum absolute atomic E-state index is 14.1. The summed E-state index contributed by atoms with van der Waals surface area (Å²) in [6.07, 6.45) is -2.07. The van der Waals surface area contributed by atoms with Gasteiger partial charge in [-0.2, -0.15) is 18.2 Å². The van der Waals surface area contributed by atoms with Gasteiger partial charge in [-0.3, -0.25) is 5.32 Å². The molecule has 2 heterocycles. The lowest BCUT2D eigenvalue weighted by Crippen LogP contribution is -2.47. The molecule has 1 aromatic carbocycles. The molecule has 0 radical (unpaired) electrons. The molecule has 2 atom stereocenters. The number of ether oxygens (including phenoxy) is 2. The normalized spacial score (nSPS) is 20.0. The fourth-order valence-corrected chi connectivity index (χ4v) is 5.57. The summed E-state index contributed by atoms with van der Waals surface area (Å²) in [5, 5.41) is 17.2. The molecule has 2 aromatic rings. The minimum atomic E-state index is -4.58. The summed E-state index contributed by atoms with van der Waals surface area (Å²) in [5.74, 6) is -0.0926. The average molecular weight is 638 g/mol. The molecule has 0 bridgehead atoms. The Morgan fingerprint density at radius 2 is 1.73 bits per heavy atom. The van der Waals surface area contributed by atoms with E-state index in [1.54, 1.807) is 41.5 Å². The zero-order valence-corrected chi connectivity index (χ0v) is 26.5. The molecule has 2 fully saturated rings. The van der Waals surface area contributed by atoms with Crippen LogP contribution in [0.4, 0.5) is 22.8 Å². The molecule has 0 spiro atoms. The molecule has 4 rings (SSSR count). The number of guanidine groups is 1. The smallest absolute Gasteiger partial charge is 0.437 e. The summed E-state index contributed by atoms with van der Waals surface area (Å²) < 4.78 is 58.3. The number of alkyl carbamates (subject to hydrolysis) is 1. The van der Waals surface area contributed by atoms with Gasteiger partial charge < -0.3 is 24.0 Å². The Morgan fingerprint density at radius 3 is 2.36 bits per heavy atom. The van der Waals surface area contributed by atoms with Crippen LogP contribution in [0, 0.1) is 5.92 Å². The van der Waals surface area contributed by atoms with E-state index in [1.807, 2.05) is 0 Å². The number of alkyl halides is 3. The summed E-state index contributed by atoms with van der Waals surface area (Å²) in [5.41, 5.74) is -2.19. The third-order valence-electron chi connectivity index (χ3n) is 7.51. The number of nitrogens with one attached hydrogen (secondary N) is 1. The van der Waals surface area contributed by atoms with Crippen molar-refractivity contribution in [2.24, 2.45) is 10.9 Å². The predicted molar refractivity (Wildman–Crippen MR) is 158 cm³/mol.